The Balaban J connectivity index is 1.78. The van der Waals surface area contributed by atoms with Crippen LogP contribution in [-0.2, 0) is 14.3 Å². The monoisotopic (exact) mass is 305 g/mol. The zero-order valence-electron chi connectivity index (χ0n) is 13.0. The van der Waals surface area contributed by atoms with Crippen molar-refractivity contribution in [2.45, 2.75) is 45.1 Å². The fraction of sp³-hybridized carbons (Fsp3) is 0.529. The molecule has 1 heterocycles. The molecule has 1 aromatic rings. The standard InChI is InChI=1S/C17H23NO4/c1-2-18(14-7-4-3-5-8-14)16(19)13-22-17(20)11-10-15-9-6-12-21-15/h6,9-12,14H,2-5,7-8,13H2,1H3. The second-order valence-electron chi connectivity index (χ2n) is 5.43. The van der Waals surface area contributed by atoms with E-state index in [-0.39, 0.29) is 12.5 Å². The summed E-state index contributed by atoms with van der Waals surface area (Å²) in [6, 6.07) is 3.76. The smallest absolute Gasteiger partial charge is 0.331 e. The molecule has 5 heteroatoms. The maximum absolute atomic E-state index is 12.2. The summed E-state index contributed by atoms with van der Waals surface area (Å²) in [5, 5.41) is 0. The van der Waals surface area contributed by atoms with Crippen LogP contribution in [0.25, 0.3) is 6.08 Å². The van der Waals surface area contributed by atoms with Crippen molar-refractivity contribution in [3.8, 4) is 0 Å². The van der Waals surface area contributed by atoms with Gasteiger partial charge in [0, 0.05) is 18.7 Å². The van der Waals surface area contributed by atoms with Gasteiger partial charge in [-0.15, -0.1) is 0 Å². The van der Waals surface area contributed by atoms with Gasteiger partial charge in [-0.3, -0.25) is 4.79 Å². The molecule has 1 aliphatic rings. The van der Waals surface area contributed by atoms with Gasteiger partial charge in [-0.2, -0.15) is 0 Å². The topological polar surface area (TPSA) is 59.8 Å². The van der Waals surface area contributed by atoms with Crippen LogP contribution in [0.1, 0.15) is 44.8 Å². The molecule has 0 aromatic carbocycles. The van der Waals surface area contributed by atoms with E-state index in [4.69, 9.17) is 9.15 Å². The second kappa shape index (κ2) is 8.41. The van der Waals surface area contributed by atoms with Gasteiger partial charge in [0.05, 0.1) is 6.26 Å². The minimum Gasteiger partial charge on any atom is -0.465 e. The predicted molar refractivity (Wildman–Crippen MR) is 83.0 cm³/mol. The van der Waals surface area contributed by atoms with Gasteiger partial charge in [-0.25, -0.2) is 4.79 Å². The van der Waals surface area contributed by atoms with Crippen LogP contribution in [0.3, 0.4) is 0 Å². The molecule has 1 saturated carbocycles. The first-order valence-electron chi connectivity index (χ1n) is 7.88. The summed E-state index contributed by atoms with van der Waals surface area (Å²) in [6.45, 7) is 2.42. The maximum atomic E-state index is 12.2. The van der Waals surface area contributed by atoms with Gasteiger partial charge in [0.2, 0.25) is 0 Å². The molecule has 1 fully saturated rings. The van der Waals surface area contributed by atoms with Crippen LogP contribution < -0.4 is 0 Å². The number of ether oxygens (including phenoxy) is 1. The quantitative estimate of drug-likeness (QED) is 0.599. The summed E-state index contributed by atoms with van der Waals surface area (Å²) >= 11 is 0. The highest BCUT2D eigenvalue weighted by Crippen LogP contribution is 2.22. The molecule has 120 valence electrons. The first-order valence-corrected chi connectivity index (χ1v) is 7.88. The first-order chi connectivity index (χ1) is 10.7. The minimum atomic E-state index is -0.538. The molecule has 2 rings (SSSR count). The summed E-state index contributed by atoms with van der Waals surface area (Å²) in [5.74, 6) is -0.0840. The Morgan fingerprint density at radius 3 is 2.77 bits per heavy atom. The molecule has 22 heavy (non-hydrogen) atoms. The number of carbonyl (C=O) groups excluding carboxylic acids is 2. The SMILES string of the molecule is CCN(C(=O)COC(=O)C=Cc1ccco1)C1CCCCC1. The third kappa shape index (κ3) is 4.76. The highest BCUT2D eigenvalue weighted by atomic mass is 16.5. The number of hydrogen-bond donors (Lipinski definition) is 0. The molecule has 0 N–H and O–H groups in total. The van der Waals surface area contributed by atoms with E-state index in [1.807, 2.05) is 11.8 Å². The van der Waals surface area contributed by atoms with Crippen LogP contribution in [0.5, 0.6) is 0 Å². The summed E-state index contributed by atoms with van der Waals surface area (Å²) in [7, 11) is 0. The lowest BCUT2D eigenvalue weighted by atomic mass is 9.94. The highest BCUT2D eigenvalue weighted by Gasteiger charge is 2.24. The van der Waals surface area contributed by atoms with Gasteiger partial charge in [0.25, 0.3) is 5.91 Å². The fourth-order valence-corrected chi connectivity index (χ4v) is 2.83. The van der Waals surface area contributed by atoms with Crippen molar-refractivity contribution >= 4 is 18.0 Å². The molecular weight excluding hydrogens is 282 g/mol. The lowest BCUT2D eigenvalue weighted by Crippen LogP contribution is -2.43. The van der Waals surface area contributed by atoms with Crippen molar-refractivity contribution in [1.82, 2.24) is 4.90 Å². The minimum absolute atomic E-state index is 0.117. The molecule has 0 aliphatic heterocycles. The average Bonchev–Trinajstić information content (AvgIpc) is 3.06. The van der Waals surface area contributed by atoms with E-state index in [0.29, 0.717) is 18.3 Å². The van der Waals surface area contributed by atoms with Crippen LogP contribution in [0, 0.1) is 0 Å². The zero-order chi connectivity index (χ0) is 15.8. The third-order valence-corrected chi connectivity index (χ3v) is 3.94. The van der Waals surface area contributed by atoms with Gasteiger partial charge in [0.1, 0.15) is 5.76 Å². The Hall–Kier alpha value is -2.04. The van der Waals surface area contributed by atoms with Gasteiger partial charge in [-0.1, -0.05) is 19.3 Å². The van der Waals surface area contributed by atoms with E-state index in [9.17, 15) is 9.59 Å². The molecule has 5 nitrogen and oxygen atoms in total. The predicted octanol–water partition coefficient (Wildman–Crippen LogP) is 3.02. The Kier molecular flexibility index (Phi) is 6.25. The van der Waals surface area contributed by atoms with E-state index in [0.717, 1.165) is 12.8 Å². The van der Waals surface area contributed by atoms with Crippen molar-refractivity contribution in [2.24, 2.45) is 0 Å². The van der Waals surface area contributed by atoms with Gasteiger partial charge < -0.3 is 14.1 Å². The van der Waals surface area contributed by atoms with Crippen molar-refractivity contribution in [2.75, 3.05) is 13.2 Å². The van der Waals surface area contributed by atoms with Crippen LogP contribution in [0.4, 0.5) is 0 Å². The van der Waals surface area contributed by atoms with Crippen LogP contribution >= 0.6 is 0 Å². The number of amides is 1. The van der Waals surface area contributed by atoms with Crippen LogP contribution in [-0.4, -0.2) is 36.0 Å². The Labute approximate surface area is 130 Å². The summed E-state index contributed by atoms with van der Waals surface area (Å²) in [4.78, 5) is 25.7. The first kappa shape index (κ1) is 16.3. The van der Waals surface area contributed by atoms with E-state index < -0.39 is 5.97 Å². The zero-order valence-corrected chi connectivity index (χ0v) is 13.0. The van der Waals surface area contributed by atoms with Crippen molar-refractivity contribution in [3.63, 3.8) is 0 Å². The number of furan rings is 1. The van der Waals surface area contributed by atoms with Gasteiger partial charge >= 0.3 is 5.97 Å². The van der Waals surface area contributed by atoms with Gasteiger partial charge in [-0.05, 0) is 38.0 Å². The molecular formula is C17H23NO4. The summed E-state index contributed by atoms with van der Waals surface area (Å²) in [5.41, 5.74) is 0. The molecule has 0 saturated heterocycles. The number of esters is 1. The van der Waals surface area contributed by atoms with E-state index in [1.54, 1.807) is 12.1 Å². The van der Waals surface area contributed by atoms with Crippen LogP contribution in [0.2, 0.25) is 0 Å². The fourth-order valence-electron chi connectivity index (χ4n) is 2.83. The molecule has 0 atom stereocenters. The number of rotatable bonds is 6. The number of hydrogen-bond acceptors (Lipinski definition) is 4. The molecule has 0 bridgehead atoms. The third-order valence-electron chi connectivity index (χ3n) is 3.94. The molecule has 1 aliphatic carbocycles. The van der Waals surface area contributed by atoms with Crippen LogP contribution in [0.15, 0.2) is 28.9 Å². The molecule has 0 unspecified atom stereocenters. The van der Waals surface area contributed by atoms with E-state index in [1.165, 1.54) is 37.7 Å². The lowest BCUT2D eigenvalue weighted by molar-refractivity contribution is -0.149. The second-order valence-corrected chi connectivity index (χ2v) is 5.43. The average molecular weight is 305 g/mol. The molecule has 1 amide bonds. The summed E-state index contributed by atoms with van der Waals surface area (Å²) < 4.78 is 10.1. The number of carbonyl (C=O) groups is 2. The van der Waals surface area contributed by atoms with E-state index >= 15 is 0 Å². The largest absolute Gasteiger partial charge is 0.465 e. The Morgan fingerprint density at radius 1 is 1.36 bits per heavy atom. The molecule has 0 radical (unpaired) electrons. The van der Waals surface area contributed by atoms with Crippen molar-refractivity contribution in [3.05, 3.63) is 30.2 Å². The van der Waals surface area contributed by atoms with E-state index in [2.05, 4.69) is 0 Å². The Morgan fingerprint density at radius 2 is 2.14 bits per heavy atom. The number of likely N-dealkylation sites (N-methyl/N-ethyl adjacent to an activating group) is 1. The van der Waals surface area contributed by atoms with Crippen molar-refractivity contribution in [1.29, 1.82) is 0 Å². The highest BCUT2D eigenvalue weighted by molar-refractivity contribution is 5.89. The lowest BCUT2D eigenvalue weighted by Gasteiger charge is -2.33. The Bertz CT molecular complexity index is 501. The van der Waals surface area contributed by atoms with Crippen molar-refractivity contribution < 1.29 is 18.7 Å². The molecule has 0 spiro atoms. The maximum Gasteiger partial charge on any atom is 0.331 e. The summed E-state index contributed by atoms with van der Waals surface area (Å²) in [6.07, 6.45) is 9.99. The molecule has 1 aromatic heterocycles. The normalized spacial score (nSPS) is 15.9. The van der Waals surface area contributed by atoms with Gasteiger partial charge in [0.15, 0.2) is 6.61 Å². The number of nitrogens with zero attached hydrogens (tertiary/aromatic N) is 1.